The summed E-state index contributed by atoms with van der Waals surface area (Å²) in [5, 5.41) is 3.67. The molecule has 0 spiro atoms. The van der Waals surface area contributed by atoms with Crippen molar-refractivity contribution in [3.05, 3.63) is 58.1 Å². The molecule has 0 heterocycles. The van der Waals surface area contributed by atoms with Crippen LogP contribution in [0.5, 0.6) is 5.75 Å². The van der Waals surface area contributed by atoms with Crippen molar-refractivity contribution in [2.24, 2.45) is 5.92 Å². The van der Waals surface area contributed by atoms with E-state index in [9.17, 15) is 9.59 Å². The van der Waals surface area contributed by atoms with E-state index in [2.05, 4.69) is 5.32 Å². The van der Waals surface area contributed by atoms with Gasteiger partial charge in [-0.3, -0.25) is 9.59 Å². The van der Waals surface area contributed by atoms with Gasteiger partial charge in [0.15, 0.2) is 12.4 Å². The number of ether oxygens (including phenoxy) is 1. The second kappa shape index (κ2) is 8.88. The summed E-state index contributed by atoms with van der Waals surface area (Å²) >= 11 is 11.9. The van der Waals surface area contributed by atoms with Crippen LogP contribution in [0, 0.1) is 5.92 Å². The average molecular weight is 380 g/mol. The topological polar surface area (TPSA) is 55.4 Å². The van der Waals surface area contributed by atoms with E-state index < -0.39 is 0 Å². The van der Waals surface area contributed by atoms with Crippen molar-refractivity contribution < 1.29 is 14.3 Å². The first kappa shape index (κ1) is 19.3. The maximum atomic E-state index is 12.2. The van der Waals surface area contributed by atoms with Gasteiger partial charge in [0.2, 0.25) is 5.91 Å². The molecule has 0 saturated carbocycles. The summed E-state index contributed by atoms with van der Waals surface area (Å²) in [7, 11) is 0. The van der Waals surface area contributed by atoms with Crippen LogP contribution < -0.4 is 10.1 Å². The van der Waals surface area contributed by atoms with Gasteiger partial charge in [-0.05, 0) is 42.3 Å². The van der Waals surface area contributed by atoms with Crippen LogP contribution in [0.15, 0.2) is 42.5 Å². The summed E-state index contributed by atoms with van der Waals surface area (Å²) in [5.41, 5.74) is 1.14. The Balaban J connectivity index is 1.94. The lowest BCUT2D eigenvalue weighted by molar-refractivity contribution is -0.116. The molecule has 0 aromatic heterocycles. The Labute approximate surface area is 157 Å². The molecule has 2 aromatic carbocycles. The summed E-state index contributed by atoms with van der Waals surface area (Å²) in [6.45, 7) is 3.81. The van der Waals surface area contributed by atoms with Crippen LogP contribution in [0.2, 0.25) is 10.0 Å². The predicted molar refractivity (Wildman–Crippen MR) is 101 cm³/mol. The Morgan fingerprint density at radius 1 is 1.08 bits per heavy atom. The van der Waals surface area contributed by atoms with Gasteiger partial charge < -0.3 is 10.1 Å². The smallest absolute Gasteiger partial charge is 0.224 e. The van der Waals surface area contributed by atoms with Crippen molar-refractivity contribution in [1.29, 1.82) is 0 Å². The molecule has 0 aliphatic heterocycles. The highest BCUT2D eigenvalue weighted by Crippen LogP contribution is 2.27. The molecule has 0 unspecified atom stereocenters. The van der Waals surface area contributed by atoms with Crippen LogP contribution in [-0.4, -0.2) is 18.3 Å². The van der Waals surface area contributed by atoms with Crippen molar-refractivity contribution in [1.82, 2.24) is 0 Å². The van der Waals surface area contributed by atoms with Crippen LogP contribution in [-0.2, 0) is 4.79 Å². The van der Waals surface area contributed by atoms with Gasteiger partial charge in [-0.15, -0.1) is 0 Å². The minimum Gasteiger partial charge on any atom is -0.484 e. The van der Waals surface area contributed by atoms with Crippen molar-refractivity contribution in [2.75, 3.05) is 11.9 Å². The molecule has 0 radical (unpaired) electrons. The fraction of sp³-hybridized carbons (Fsp3) is 0.263. The lowest BCUT2D eigenvalue weighted by atomic mass is 10.1. The number of carbonyl (C=O) groups is 2. The van der Waals surface area contributed by atoms with Gasteiger partial charge in [0.1, 0.15) is 5.75 Å². The first-order valence-electron chi connectivity index (χ1n) is 7.86. The van der Waals surface area contributed by atoms with E-state index in [-0.39, 0.29) is 24.2 Å². The van der Waals surface area contributed by atoms with E-state index in [4.69, 9.17) is 27.9 Å². The zero-order valence-corrected chi connectivity index (χ0v) is 15.5. The number of halogens is 2. The van der Waals surface area contributed by atoms with Gasteiger partial charge in [0.25, 0.3) is 0 Å². The second-order valence-electron chi connectivity index (χ2n) is 6.01. The monoisotopic (exact) mass is 379 g/mol. The first-order chi connectivity index (χ1) is 11.8. The number of benzene rings is 2. The number of hydrogen-bond acceptors (Lipinski definition) is 3. The molecule has 0 fully saturated rings. The zero-order chi connectivity index (χ0) is 18.4. The van der Waals surface area contributed by atoms with E-state index in [1.165, 1.54) is 0 Å². The molecule has 0 aliphatic carbocycles. The van der Waals surface area contributed by atoms with E-state index in [0.29, 0.717) is 33.5 Å². The number of Topliss-reactive ketones (excluding diaryl/α,β-unsaturated/α-hetero) is 1. The third-order valence-electron chi connectivity index (χ3n) is 3.34. The highest BCUT2D eigenvalue weighted by molar-refractivity contribution is 6.34. The summed E-state index contributed by atoms with van der Waals surface area (Å²) in [6, 6.07) is 11.5. The number of amides is 1. The molecule has 132 valence electrons. The Morgan fingerprint density at radius 3 is 2.40 bits per heavy atom. The second-order valence-corrected chi connectivity index (χ2v) is 6.85. The summed E-state index contributed by atoms with van der Waals surface area (Å²) < 4.78 is 5.44. The van der Waals surface area contributed by atoms with Gasteiger partial charge in [0.05, 0.1) is 5.02 Å². The highest BCUT2D eigenvalue weighted by atomic mass is 35.5. The lowest BCUT2D eigenvalue weighted by Gasteiger charge is -2.09. The quantitative estimate of drug-likeness (QED) is 0.669. The van der Waals surface area contributed by atoms with Gasteiger partial charge in [-0.25, -0.2) is 0 Å². The molecule has 6 heteroatoms. The van der Waals surface area contributed by atoms with Crippen LogP contribution in [0.1, 0.15) is 30.6 Å². The molecule has 1 N–H and O–H groups in total. The van der Waals surface area contributed by atoms with Gasteiger partial charge in [-0.1, -0.05) is 37.0 Å². The number of rotatable bonds is 7. The van der Waals surface area contributed by atoms with Gasteiger partial charge >= 0.3 is 0 Å². The fourth-order valence-electron chi connectivity index (χ4n) is 2.14. The number of anilines is 1. The normalized spacial score (nSPS) is 10.6. The largest absolute Gasteiger partial charge is 0.484 e. The summed E-state index contributed by atoms with van der Waals surface area (Å²) in [4.78, 5) is 23.9. The van der Waals surface area contributed by atoms with E-state index in [1.807, 2.05) is 13.8 Å². The van der Waals surface area contributed by atoms with E-state index in [1.54, 1.807) is 42.5 Å². The maximum Gasteiger partial charge on any atom is 0.224 e. The molecular formula is C19H19Cl2NO3. The van der Waals surface area contributed by atoms with E-state index >= 15 is 0 Å². The highest BCUT2D eigenvalue weighted by Gasteiger charge is 2.10. The van der Waals surface area contributed by atoms with Gasteiger partial charge in [0, 0.05) is 28.8 Å². The minimum atomic E-state index is -0.198. The maximum absolute atomic E-state index is 12.2. The average Bonchev–Trinajstić information content (AvgIpc) is 2.55. The molecule has 1 amide bonds. The van der Waals surface area contributed by atoms with Crippen LogP contribution in [0.4, 0.5) is 5.69 Å². The number of carbonyl (C=O) groups excluding carboxylic acids is 2. The van der Waals surface area contributed by atoms with Crippen molar-refractivity contribution in [3.8, 4) is 5.75 Å². The molecule has 25 heavy (non-hydrogen) atoms. The third-order valence-corrected chi connectivity index (χ3v) is 3.88. The van der Waals surface area contributed by atoms with Gasteiger partial charge in [-0.2, -0.15) is 0 Å². The Kier molecular flexibility index (Phi) is 6.85. The Hall–Kier alpha value is -2.04. The lowest BCUT2D eigenvalue weighted by Crippen LogP contribution is -2.14. The van der Waals surface area contributed by atoms with Crippen molar-refractivity contribution in [2.45, 2.75) is 20.3 Å². The van der Waals surface area contributed by atoms with Crippen LogP contribution in [0.25, 0.3) is 0 Å². The third kappa shape index (κ3) is 6.07. The molecular weight excluding hydrogens is 361 g/mol. The first-order valence-corrected chi connectivity index (χ1v) is 8.61. The molecule has 4 nitrogen and oxygen atoms in total. The molecule has 2 aromatic rings. The molecule has 0 saturated heterocycles. The van der Waals surface area contributed by atoms with E-state index in [0.717, 1.165) is 0 Å². The fourth-order valence-corrected chi connectivity index (χ4v) is 2.47. The summed E-state index contributed by atoms with van der Waals surface area (Å²) in [5.74, 6) is 0.403. The molecule has 0 atom stereocenters. The number of hydrogen-bond donors (Lipinski definition) is 1. The SMILES string of the molecule is CC(C)CC(=O)Nc1ccc(C(=O)COc2cc(Cl)ccc2Cl)cc1. The predicted octanol–water partition coefficient (Wildman–Crippen LogP) is 5.24. The Bertz CT molecular complexity index is 758. The van der Waals surface area contributed by atoms with Crippen LogP contribution in [0.3, 0.4) is 0 Å². The molecule has 0 aliphatic rings. The summed E-state index contributed by atoms with van der Waals surface area (Å²) in [6.07, 6.45) is 0.453. The molecule has 2 rings (SSSR count). The zero-order valence-electron chi connectivity index (χ0n) is 14.0. The number of nitrogens with one attached hydrogen (secondary N) is 1. The molecule has 0 bridgehead atoms. The number of ketones is 1. The van der Waals surface area contributed by atoms with Crippen molar-refractivity contribution in [3.63, 3.8) is 0 Å². The Morgan fingerprint density at radius 2 is 1.76 bits per heavy atom. The van der Waals surface area contributed by atoms with Crippen molar-refractivity contribution >= 4 is 40.6 Å². The van der Waals surface area contributed by atoms with Crippen LogP contribution >= 0.6 is 23.2 Å². The standard InChI is InChI=1S/C19H19Cl2NO3/c1-12(2)9-19(24)22-15-6-3-13(4-7-15)17(23)11-25-18-10-14(20)5-8-16(18)21/h3-8,10,12H,9,11H2,1-2H3,(H,22,24). The minimum absolute atomic E-state index is 0.0481.